The van der Waals surface area contributed by atoms with Crippen LogP contribution in [0.4, 0.5) is 0 Å². The van der Waals surface area contributed by atoms with E-state index in [1.54, 1.807) is 23.6 Å². The maximum Gasteiger partial charge on any atom is 0.382 e. The molecular weight excluding hydrogens is 372 g/mol. The van der Waals surface area contributed by atoms with Gasteiger partial charge in [-0.25, -0.2) is 14.3 Å². The van der Waals surface area contributed by atoms with Gasteiger partial charge in [0.15, 0.2) is 5.69 Å². The van der Waals surface area contributed by atoms with E-state index in [-0.39, 0.29) is 17.1 Å². The van der Waals surface area contributed by atoms with Gasteiger partial charge in [-0.15, -0.1) is 0 Å². The molecule has 0 fully saturated rings. The molecule has 0 aliphatic carbocycles. The molecule has 3 rings (SSSR count). The fourth-order valence-electron chi connectivity index (χ4n) is 3.29. The van der Waals surface area contributed by atoms with Gasteiger partial charge in [-0.1, -0.05) is 32.0 Å². The first-order chi connectivity index (χ1) is 13.8. The van der Waals surface area contributed by atoms with Crippen molar-refractivity contribution in [2.24, 2.45) is 0 Å². The zero-order valence-corrected chi connectivity index (χ0v) is 16.7. The van der Waals surface area contributed by atoms with Crippen LogP contribution in [-0.4, -0.2) is 28.7 Å². The number of nitrogens with zero attached hydrogens (tertiary/aromatic N) is 2. The molecule has 7 nitrogen and oxygen atoms in total. The number of aromatic carboxylic acids is 1. The molecule has 0 bridgehead atoms. The number of rotatable bonds is 5. The van der Waals surface area contributed by atoms with Crippen LogP contribution in [0, 0.1) is 12.1 Å². The minimum Gasteiger partial charge on any atom is -0.710 e. The van der Waals surface area contributed by atoms with Crippen molar-refractivity contribution >= 4 is 11.9 Å². The van der Waals surface area contributed by atoms with Crippen LogP contribution in [0.2, 0.25) is 0 Å². The first-order valence-corrected chi connectivity index (χ1v) is 9.13. The average molecular weight is 394 g/mol. The number of carboxylic acids is 1. The van der Waals surface area contributed by atoms with Crippen LogP contribution >= 0.6 is 0 Å². The molecule has 2 aromatic carbocycles. The molecule has 0 amide bonds. The molecule has 0 radical (unpaired) electrons. The molecule has 1 N–H and O–H groups in total. The Morgan fingerprint density at radius 2 is 1.79 bits per heavy atom. The van der Waals surface area contributed by atoms with Crippen LogP contribution in [0.15, 0.2) is 48.5 Å². The Hall–Kier alpha value is -3.61. The molecule has 0 aliphatic rings. The summed E-state index contributed by atoms with van der Waals surface area (Å²) in [6, 6.07) is 13.7. The van der Waals surface area contributed by atoms with Crippen LogP contribution < -0.4 is 4.73 Å². The molecule has 7 heteroatoms. The first-order valence-electron chi connectivity index (χ1n) is 9.13. The van der Waals surface area contributed by atoms with Crippen molar-refractivity contribution in [1.29, 1.82) is 0 Å². The molecule has 0 unspecified atom stereocenters. The topological polar surface area (TPSA) is 95.5 Å². The number of aromatic nitrogens is 2. The standard InChI is InChI=1S/C22H22N2O5/c1-13(2)15-8-10-16(11-9-15)20-23(14(3)19(24(20)28)22(27)29-4)18-7-5-6-17(12-18)21(25)26/h5-13H,1-4H3,(H,25,26). The summed E-state index contributed by atoms with van der Waals surface area (Å²) in [6.45, 7) is 5.77. The largest absolute Gasteiger partial charge is 0.710 e. The van der Waals surface area contributed by atoms with Gasteiger partial charge in [-0.3, -0.25) is 0 Å². The van der Waals surface area contributed by atoms with Crippen molar-refractivity contribution in [2.75, 3.05) is 7.11 Å². The summed E-state index contributed by atoms with van der Waals surface area (Å²) in [6.07, 6.45) is 0. The lowest BCUT2D eigenvalue weighted by Crippen LogP contribution is -2.35. The maximum atomic E-state index is 13.1. The second kappa shape index (κ2) is 7.79. The number of hydrogen-bond acceptors (Lipinski definition) is 4. The van der Waals surface area contributed by atoms with E-state index in [1.165, 1.54) is 19.2 Å². The third kappa shape index (κ3) is 3.59. The summed E-state index contributed by atoms with van der Waals surface area (Å²) in [5, 5.41) is 22.4. The molecule has 1 heterocycles. The van der Waals surface area contributed by atoms with Crippen LogP contribution in [-0.2, 0) is 4.74 Å². The average Bonchev–Trinajstić information content (AvgIpc) is 2.97. The van der Waals surface area contributed by atoms with Crippen LogP contribution in [0.5, 0.6) is 0 Å². The van der Waals surface area contributed by atoms with E-state index in [2.05, 4.69) is 13.8 Å². The normalized spacial score (nSPS) is 10.9. The van der Waals surface area contributed by atoms with Crippen LogP contribution in [0.3, 0.4) is 0 Å². The van der Waals surface area contributed by atoms with Crippen LogP contribution in [0.25, 0.3) is 17.1 Å². The number of esters is 1. The van der Waals surface area contributed by atoms with Gasteiger partial charge in [0.05, 0.1) is 18.2 Å². The summed E-state index contributed by atoms with van der Waals surface area (Å²) >= 11 is 0. The summed E-state index contributed by atoms with van der Waals surface area (Å²) in [7, 11) is 1.21. The summed E-state index contributed by atoms with van der Waals surface area (Å²) in [5.74, 6) is -1.30. The highest BCUT2D eigenvalue weighted by Crippen LogP contribution is 2.27. The number of carbonyl (C=O) groups is 2. The Kier molecular flexibility index (Phi) is 5.41. The molecule has 3 aromatic rings. The van der Waals surface area contributed by atoms with Gasteiger partial charge in [0.1, 0.15) is 5.69 Å². The lowest BCUT2D eigenvalue weighted by molar-refractivity contribution is -0.595. The van der Waals surface area contributed by atoms with Crippen molar-refractivity contribution in [2.45, 2.75) is 26.7 Å². The van der Waals surface area contributed by atoms with E-state index >= 15 is 0 Å². The van der Waals surface area contributed by atoms with Gasteiger partial charge >= 0.3 is 11.9 Å². The van der Waals surface area contributed by atoms with Gasteiger partial charge in [0.25, 0.3) is 11.5 Å². The van der Waals surface area contributed by atoms with Crippen molar-refractivity contribution in [3.63, 3.8) is 0 Å². The minimum absolute atomic E-state index is 0.0776. The minimum atomic E-state index is -1.08. The molecule has 150 valence electrons. The number of carbonyl (C=O) groups excluding carboxylic acids is 1. The van der Waals surface area contributed by atoms with Crippen molar-refractivity contribution in [1.82, 2.24) is 4.57 Å². The van der Waals surface area contributed by atoms with Gasteiger partial charge < -0.3 is 15.1 Å². The number of imidazole rings is 1. The Bertz CT molecular complexity index is 1080. The second-order valence-corrected chi connectivity index (χ2v) is 7.01. The van der Waals surface area contributed by atoms with Gasteiger partial charge in [-0.2, -0.15) is 4.57 Å². The Morgan fingerprint density at radius 3 is 2.34 bits per heavy atom. The van der Waals surface area contributed by atoms with E-state index in [9.17, 15) is 19.9 Å². The fraction of sp³-hybridized carbons (Fsp3) is 0.227. The zero-order valence-electron chi connectivity index (χ0n) is 16.7. The molecule has 1 aromatic heterocycles. The third-order valence-corrected chi connectivity index (χ3v) is 4.85. The highest BCUT2D eigenvalue weighted by Gasteiger charge is 2.32. The number of carboxylic acid groups (broad SMARTS) is 1. The third-order valence-electron chi connectivity index (χ3n) is 4.85. The number of ether oxygens (including phenoxy) is 1. The SMILES string of the molecule is COC(=O)c1c(C)n(-c2cccc(C(=O)O)c2)c(-c2ccc(C(C)C)cc2)[n+]1[O-]. The van der Waals surface area contributed by atoms with Crippen LogP contribution in [0.1, 0.15) is 51.9 Å². The van der Waals surface area contributed by atoms with E-state index < -0.39 is 11.9 Å². The summed E-state index contributed by atoms with van der Waals surface area (Å²) in [4.78, 5) is 23.7. The second-order valence-electron chi connectivity index (χ2n) is 7.01. The summed E-state index contributed by atoms with van der Waals surface area (Å²) in [5.41, 5.74) is 2.47. The van der Waals surface area contributed by atoms with E-state index in [0.717, 1.165) is 5.56 Å². The summed E-state index contributed by atoms with van der Waals surface area (Å²) < 4.78 is 6.90. The van der Waals surface area contributed by atoms with Crippen molar-refractivity contribution in [3.05, 3.63) is 76.3 Å². The number of hydrogen-bond donors (Lipinski definition) is 1. The molecule has 0 spiro atoms. The van der Waals surface area contributed by atoms with E-state index in [0.29, 0.717) is 27.6 Å². The Labute approximate surface area is 168 Å². The Balaban J connectivity index is 2.31. The molecule has 0 saturated heterocycles. The number of methoxy groups -OCH3 is 1. The van der Waals surface area contributed by atoms with Gasteiger partial charge in [0.2, 0.25) is 0 Å². The lowest BCUT2D eigenvalue weighted by atomic mass is 10.0. The molecule has 0 saturated carbocycles. The molecule has 0 atom stereocenters. The molecule has 0 aliphatic heterocycles. The Morgan fingerprint density at radius 1 is 1.14 bits per heavy atom. The first kappa shape index (κ1) is 20.1. The maximum absolute atomic E-state index is 13.1. The monoisotopic (exact) mass is 394 g/mol. The predicted octanol–water partition coefficient (Wildman–Crippen LogP) is 3.69. The lowest BCUT2D eigenvalue weighted by Gasteiger charge is -2.10. The molecular formula is C22H22N2O5. The fourth-order valence-corrected chi connectivity index (χ4v) is 3.29. The van der Waals surface area contributed by atoms with Gasteiger partial charge in [-0.05, 0) is 41.8 Å². The number of benzene rings is 2. The highest BCUT2D eigenvalue weighted by atomic mass is 16.5. The zero-order chi connectivity index (χ0) is 21.3. The van der Waals surface area contributed by atoms with E-state index in [1.807, 2.05) is 24.3 Å². The van der Waals surface area contributed by atoms with E-state index in [4.69, 9.17) is 4.74 Å². The van der Waals surface area contributed by atoms with Crippen molar-refractivity contribution < 1.29 is 24.2 Å². The highest BCUT2D eigenvalue weighted by molar-refractivity contribution is 5.89. The van der Waals surface area contributed by atoms with Gasteiger partial charge in [0, 0.05) is 6.92 Å². The quantitative estimate of drug-likeness (QED) is 0.404. The van der Waals surface area contributed by atoms with Crippen molar-refractivity contribution in [3.8, 4) is 17.1 Å². The smallest absolute Gasteiger partial charge is 0.382 e. The molecule has 29 heavy (non-hydrogen) atoms. The predicted molar refractivity (Wildman–Crippen MR) is 107 cm³/mol.